The zero-order valence-corrected chi connectivity index (χ0v) is 19.9. The van der Waals surface area contributed by atoms with Crippen molar-refractivity contribution in [2.75, 3.05) is 0 Å². The molecular weight excluding hydrogens is 434 g/mol. The minimum absolute atomic E-state index is 0.973. The van der Waals surface area contributed by atoms with E-state index in [1.807, 2.05) is 24.5 Å². The van der Waals surface area contributed by atoms with Gasteiger partial charge in [0.05, 0.1) is 11.0 Å². The number of nitrogens with zero attached hydrogens (tertiary/aromatic N) is 3. The highest BCUT2D eigenvalue weighted by atomic mass is 32.2. The second-order valence-corrected chi connectivity index (χ2v) is 9.62. The average molecular weight is 458 g/mol. The molecule has 3 nitrogen and oxygen atoms in total. The van der Waals surface area contributed by atoms with Crippen LogP contribution in [-0.4, -0.2) is 14.5 Å². The first-order valence-electron chi connectivity index (χ1n) is 11.3. The first-order chi connectivity index (χ1) is 16.7. The van der Waals surface area contributed by atoms with Gasteiger partial charge in [0.2, 0.25) is 0 Å². The van der Waals surface area contributed by atoms with E-state index in [4.69, 9.17) is 4.98 Å². The summed E-state index contributed by atoms with van der Waals surface area (Å²) in [4.78, 5) is 10.4. The number of fused-ring (bicyclic) bond motifs is 3. The van der Waals surface area contributed by atoms with Gasteiger partial charge in [-0.15, -0.1) is 0 Å². The Kier molecular flexibility index (Phi) is 5.16. The molecule has 0 unspecified atom stereocenters. The maximum absolute atomic E-state index is 4.74. The predicted molar refractivity (Wildman–Crippen MR) is 142 cm³/mol. The first-order valence-corrected chi connectivity index (χ1v) is 12.2. The number of hydrogen-bond acceptors (Lipinski definition) is 3. The molecule has 0 aliphatic rings. The van der Waals surface area contributed by atoms with Gasteiger partial charge in [0, 0.05) is 28.1 Å². The van der Waals surface area contributed by atoms with Gasteiger partial charge in [-0.2, -0.15) is 0 Å². The van der Waals surface area contributed by atoms with Gasteiger partial charge in [-0.25, -0.2) is 9.97 Å². The second-order valence-electron chi connectivity index (χ2n) is 8.53. The molecule has 0 spiro atoms. The van der Waals surface area contributed by atoms with E-state index in [1.54, 1.807) is 11.8 Å². The van der Waals surface area contributed by atoms with Crippen LogP contribution in [0, 0.1) is 13.8 Å². The number of rotatable bonds is 4. The number of hydrogen-bond donors (Lipinski definition) is 0. The lowest BCUT2D eigenvalue weighted by Crippen LogP contribution is -1.99. The summed E-state index contributed by atoms with van der Waals surface area (Å²) < 4.78 is 2.29. The SMILES string of the molecule is Cc1ccnc(Sc2cccc(-c3ccc4c5ccccc5n(-c5ncccc5C)c4c3)c2)c1. The van der Waals surface area contributed by atoms with Crippen molar-refractivity contribution in [3.8, 4) is 16.9 Å². The summed E-state index contributed by atoms with van der Waals surface area (Å²) in [5, 5.41) is 3.49. The number of para-hydroxylation sites is 1. The minimum atomic E-state index is 0.973. The quantitative estimate of drug-likeness (QED) is 0.269. The van der Waals surface area contributed by atoms with Gasteiger partial charge in [-0.3, -0.25) is 4.57 Å². The third kappa shape index (κ3) is 3.66. The molecule has 0 aliphatic carbocycles. The summed E-state index contributed by atoms with van der Waals surface area (Å²) in [6, 6.07) is 32.3. The molecule has 6 rings (SSSR count). The fourth-order valence-electron chi connectivity index (χ4n) is 4.51. The lowest BCUT2D eigenvalue weighted by atomic mass is 10.0. The summed E-state index contributed by atoms with van der Waals surface area (Å²) in [5.74, 6) is 0.973. The van der Waals surface area contributed by atoms with Crippen molar-refractivity contribution in [2.24, 2.45) is 0 Å². The van der Waals surface area contributed by atoms with Crippen molar-refractivity contribution in [2.45, 2.75) is 23.8 Å². The highest BCUT2D eigenvalue weighted by Gasteiger charge is 2.15. The van der Waals surface area contributed by atoms with Crippen LogP contribution in [0.4, 0.5) is 0 Å². The molecule has 3 aromatic heterocycles. The third-order valence-electron chi connectivity index (χ3n) is 6.15. The van der Waals surface area contributed by atoms with E-state index in [0.717, 1.165) is 16.4 Å². The standard InChI is InChI=1S/C30H23N3S/c1-20-14-16-31-29(17-20)34-24-9-5-8-22(18-24)23-12-13-26-25-10-3-4-11-27(25)33(28(26)19-23)30-21(2)7-6-15-32-30/h3-19H,1-2H3. The van der Waals surface area contributed by atoms with Gasteiger partial charge in [0.15, 0.2) is 0 Å². The zero-order valence-electron chi connectivity index (χ0n) is 19.1. The van der Waals surface area contributed by atoms with Gasteiger partial charge in [0.25, 0.3) is 0 Å². The molecule has 0 N–H and O–H groups in total. The molecule has 6 aromatic rings. The molecule has 3 aromatic carbocycles. The third-order valence-corrected chi connectivity index (χ3v) is 7.07. The Labute approximate surface area is 203 Å². The minimum Gasteiger partial charge on any atom is -0.294 e. The molecule has 0 aliphatic heterocycles. The molecular formula is C30H23N3S. The number of pyridine rings is 2. The largest absolute Gasteiger partial charge is 0.294 e. The van der Waals surface area contributed by atoms with Crippen LogP contribution in [0.3, 0.4) is 0 Å². The average Bonchev–Trinajstić information content (AvgIpc) is 3.18. The summed E-state index contributed by atoms with van der Waals surface area (Å²) >= 11 is 1.69. The maximum atomic E-state index is 4.74. The topological polar surface area (TPSA) is 30.7 Å². The fraction of sp³-hybridized carbons (Fsp3) is 0.0667. The monoisotopic (exact) mass is 457 g/mol. The Bertz CT molecular complexity index is 1670. The van der Waals surface area contributed by atoms with Crippen LogP contribution in [0.2, 0.25) is 0 Å². The van der Waals surface area contributed by atoms with E-state index in [2.05, 4.69) is 102 Å². The molecule has 3 heterocycles. The highest BCUT2D eigenvalue weighted by molar-refractivity contribution is 7.99. The second kappa shape index (κ2) is 8.47. The zero-order chi connectivity index (χ0) is 23.1. The van der Waals surface area contributed by atoms with Crippen molar-refractivity contribution in [1.29, 1.82) is 0 Å². The van der Waals surface area contributed by atoms with Crippen molar-refractivity contribution >= 4 is 33.6 Å². The van der Waals surface area contributed by atoms with Gasteiger partial charge >= 0.3 is 0 Å². The van der Waals surface area contributed by atoms with Gasteiger partial charge < -0.3 is 0 Å². The molecule has 164 valence electrons. The molecule has 0 atom stereocenters. The Morgan fingerprint density at radius 3 is 2.38 bits per heavy atom. The molecule has 0 amide bonds. The van der Waals surface area contributed by atoms with Gasteiger partial charge in [0.1, 0.15) is 10.8 Å². The van der Waals surface area contributed by atoms with Crippen molar-refractivity contribution in [3.05, 3.63) is 115 Å². The van der Waals surface area contributed by atoms with Crippen LogP contribution < -0.4 is 0 Å². The van der Waals surface area contributed by atoms with Crippen molar-refractivity contribution < 1.29 is 0 Å². The van der Waals surface area contributed by atoms with E-state index in [1.165, 1.54) is 43.4 Å². The van der Waals surface area contributed by atoms with Crippen LogP contribution in [0.15, 0.2) is 113 Å². The Morgan fingerprint density at radius 2 is 1.50 bits per heavy atom. The lowest BCUT2D eigenvalue weighted by Gasteiger charge is -2.11. The normalized spacial score (nSPS) is 11.4. The van der Waals surface area contributed by atoms with E-state index in [-0.39, 0.29) is 0 Å². The Balaban J connectivity index is 1.50. The molecule has 4 heteroatoms. The Morgan fingerprint density at radius 1 is 0.647 bits per heavy atom. The number of aryl methyl sites for hydroxylation is 2. The smallest absolute Gasteiger partial charge is 0.140 e. The van der Waals surface area contributed by atoms with Crippen LogP contribution in [-0.2, 0) is 0 Å². The Hall–Kier alpha value is -3.89. The fourth-order valence-corrected chi connectivity index (χ4v) is 5.45. The first kappa shape index (κ1) is 20.7. The molecule has 0 fully saturated rings. The number of benzene rings is 3. The van der Waals surface area contributed by atoms with Gasteiger partial charge in [-0.05, 0) is 78.6 Å². The van der Waals surface area contributed by atoms with E-state index >= 15 is 0 Å². The summed E-state index contributed by atoms with van der Waals surface area (Å²) in [6.07, 6.45) is 3.74. The van der Waals surface area contributed by atoms with E-state index in [0.29, 0.717) is 0 Å². The van der Waals surface area contributed by atoms with Crippen LogP contribution in [0.1, 0.15) is 11.1 Å². The van der Waals surface area contributed by atoms with Crippen molar-refractivity contribution in [1.82, 2.24) is 14.5 Å². The summed E-state index contributed by atoms with van der Waals surface area (Å²) in [7, 11) is 0. The van der Waals surface area contributed by atoms with E-state index < -0.39 is 0 Å². The summed E-state index contributed by atoms with van der Waals surface area (Å²) in [6.45, 7) is 4.21. The lowest BCUT2D eigenvalue weighted by molar-refractivity contribution is 1.05. The molecule has 0 saturated heterocycles. The summed E-state index contributed by atoms with van der Waals surface area (Å²) in [5.41, 5.74) is 7.08. The van der Waals surface area contributed by atoms with Gasteiger partial charge in [-0.1, -0.05) is 60.3 Å². The van der Waals surface area contributed by atoms with Crippen LogP contribution in [0.25, 0.3) is 38.8 Å². The molecule has 34 heavy (non-hydrogen) atoms. The van der Waals surface area contributed by atoms with Crippen LogP contribution >= 0.6 is 11.8 Å². The van der Waals surface area contributed by atoms with Crippen LogP contribution in [0.5, 0.6) is 0 Å². The highest BCUT2D eigenvalue weighted by Crippen LogP contribution is 2.36. The van der Waals surface area contributed by atoms with E-state index in [9.17, 15) is 0 Å². The predicted octanol–water partition coefficient (Wildman–Crippen LogP) is 8.01. The molecule has 0 bridgehead atoms. The maximum Gasteiger partial charge on any atom is 0.140 e. The molecule has 0 radical (unpaired) electrons. The number of aromatic nitrogens is 3. The molecule has 0 saturated carbocycles. The van der Waals surface area contributed by atoms with Crippen molar-refractivity contribution in [3.63, 3.8) is 0 Å².